The van der Waals surface area contributed by atoms with Crippen molar-refractivity contribution in [3.63, 3.8) is 0 Å². The standard InChI is InChI=1S/C18H9BrCl2F2/c19-11-3-6-14(16(22)9-11)17-15(21)8-7-13(18(17)23)10-1-4-12(20)5-2-10/h1-9H. The molecule has 0 heterocycles. The first-order valence-corrected chi connectivity index (χ1v) is 8.21. The van der Waals surface area contributed by atoms with Crippen LogP contribution >= 0.6 is 39.1 Å². The SMILES string of the molecule is Fc1cc(Br)ccc1-c1c(Cl)ccc(-c2ccc(Cl)cc2)c1F. The zero-order chi connectivity index (χ0) is 16.6. The summed E-state index contributed by atoms with van der Waals surface area (Å²) in [5.41, 5.74) is 1.14. The summed E-state index contributed by atoms with van der Waals surface area (Å²) < 4.78 is 29.8. The molecule has 3 aromatic rings. The van der Waals surface area contributed by atoms with Gasteiger partial charge in [-0.2, -0.15) is 0 Å². The van der Waals surface area contributed by atoms with Crippen molar-refractivity contribution in [2.75, 3.05) is 0 Å². The normalized spacial score (nSPS) is 10.8. The molecule has 0 amide bonds. The zero-order valence-electron chi connectivity index (χ0n) is 11.6. The van der Waals surface area contributed by atoms with Crippen LogP contribution in [0.1, 0.15) is 0 Å². The van der Waals surface area contributed by atoms with Crippen molar-refractivity contribution in [2.45, 2.75) is 0 Å². The van der Waals surface area contributed by atoms with Gasteiger partial charge >= 0.3 is 0 Å². The molecule has 0 aromatic heterocycles. The summed E-state index contributed by atoms with van der Waals surface area (Å²) in [5.74, 6) is -1.12. The van der Waals surface area contributed by atoms with Crippen LogP contribution in [0, 0.1) is 11.6 Å². The van der Waals surface area contributed by atoms with Crippen molar-refractivity contribution in [3.05, 3.63) is 80.7 Å². The minimum Gasteiger partial charge on any atom is -0.206 e. The van der Waals surface area contributed by atoms with E-state index in [0.29, 0.717) is 20.6 Å². The fourth-order valence-electron chi connectivity index (χ4n) is 2.34. The molecule has 0 nitrogen and oxygen atoms in total. The molecule has 0 fully saturated rings. The van der Waals surface area contributed by atoms with Gasteiger partial charge in [0.1, 0.15) is 11.6 Å². The average molecular weight is 414 g/mol. The predicted molar refractivity (Wildman–Crippen MR) is 95.0 cm³/mol. The third-order valence-electron chi connectivity index (χ3n) is 3.45. The van der Waals surface area contributed by atoms with Crippen LogP contribution < -0.4 is 0 Å². The summed E-state index contributed by atoms with van der Waals surface area (Å²) in [6.07, 6.45) is 0. The Labute approximate surface area is 150 Å². The van der Waals surface area contributed by atoms with E-state index < -0.39 is 11.6 Å². The van der Waals surface area contributed by atoms with E-state index in [2.05, 4.69) is 15.9 Å². The van der Waals surface area contributed by atoms with Crippen LogP contribution in [-0.4, -0.2) is 0 Å². The third kappa shape index (κ3) is 3.27. The molecule has 0 atom stereocenters. The molecule has 0 aliphatic carbocycles. The fourth-order valence-corrected chi connectivity index (χ4v) is 3.05. The number of benzene rings is 3. The molecular weight excluding hydrogens is 405 g/mol. The van der Waals surface area contributed by atoms with Crippen LogP contribution in [-0.2, 0) is 0 Å². The Morgan fingerprint density at radius 2 is 1.43 bits per heavy atom. The second-order valence-electron chi connectivity index (χ2n) is 4.91. The molecule has 3 aromatic carbocycles. The number of halogens is 5. The topological polar surface area (TPSA) is 0 Å². The van der Waals surface area contributed by atoms with Gasteiger partial charge in [-0.25, -0.2) is 8.78 Å². The van der Waals surface area contributed by atoms with Crippen LogP contribution in [0.3, 0.4) is 0 Å². The van der Waals surface area contributed by atoms with Crippen LogP contribution in [0.4, 0.5) is 8.78 Å². The second-order valence-corrected chi connectivity index (χ2v) is 6.67. The lowest BCUT2D eigenvalue weighted by Crippen LogP contribution is -1.94. The van der Waals surface area contributed by atoms with Crippen molar-refractivity contribution in [1.29, 1.82) is 0 Å². The summed E-state index contributed by atoms with van der Waals surface area (Å²) in [6.45, 7) is 0. The van der Waals surface area contributed by atoms with Gasteiger partial charge in [0, 0.05) is 26.2 Å². The monoisotopic (exact) mass is 412 g/mol. The Kier molecular flexibility index (Phi) is 4.72. The number of rotatable bonds is 2. The lowest BCUT2D eigenvalue weighted by molar-refractivity contribution is 0.617. The third-order valence-corrected chi connectivity index (χ3v) is 4.51. The van der Waals surface area contributed by atoms with Gasteiger partial charge in [-0.05, 0) is 42.0 Å². The number of hydrogen-bond donors (Lipinski definition) is 0. The minimum atomic E-state index is -0.568. The smallest absolute Gasteiger partial charge is 0.140 e. The molecule has 23 heavy (non-hydrogen) atoms. The Hall–Kier alpha value is -1.42. The first kappa shape index (κ1) is 16.4. The largest absolute Gasteiger partial charge is 0.206 e. The van der Waals surface area contributed by atoms with E-state index in [1.54, 1.807) is 42.5 Å². The van der Waals surface area contributed by atoms with Gasteiger partial charge in [-0.3, -0.25) is 0 Å². The highest BCUT2D eigenvalue weighted by molar-refractivity contribution is 9.10. The van der Waals surface area contributed by atoms with Crippen molar-refractivity contribution in [3.8, 4) is 22.3 Å². The molecular formula is C18H9BrCl2F2. The van der Waals surface area contributed by atoms with Crippen molar-refractivity contribution < 1.29 is 8.78 Å². The van der Waals surface area contributed by atoms with E-state index in [1.807, 2.05) is 0 Å². The summed E-state index contributed by atoms with van der Waals surface area (Å²) in [7, 11) is 0. The molecule has 0 unspecified atom stereocenters. The Bertz CT molecular complexity index is 877. The Balaban J connectivity index is 2.22. The van der Waals surface area contributed by atoms with E-state index in [9.17, 15) is 8.78 Å². The van der Waals surface area contributed by atoms with E-state index >= 15 is 0 Å². The maximum Gasteiger partial charge on any atom is 0.140 e. The first-order chi connectivity index (χ1) is 11.0. The van der Waals surface area contributed by atoms with Gasteiger partial charge in [0.15, 0.2) is 0 Å². The first-order valence-electron chi connectivity index (χ1n) is 6.66. The van der Waals surface area contributed by atoms with Crippen molar-refractivity contribution in [1.82, 2.24) is 0 Å². The maximum absolute atomic E-state index is 15.0. The molecule has 0 aliphatic heterocycles. The van der Waals surface area contributed by atoms with Crippen LogP contribution in [0.15, 0.2) is 59.1 Å². The maximum atomic E-state index is 15.0. The molecule has 3 rings (SSSR count). The molecule has 116 valence electrons. The molecule has 5 heteroatoms. The molecule has 0 bridgehead atoms. The van der Waals surface area contributed by atoms with E-state index in [1.165, 1.54) is 12.1 Å². The highest BCUT2D eigenvalue weighted by Crippen LogP contribution is 2.38. The van der Waals surface area contributed by atoms with Gasteiger partial charge in [0.2, 0.25) is 0 Å². The van der Waals surface area contributed by atoms with Gasteiger partial charge in [-0.1, -0.05) is 57.3 Å². The molecule has 0 radical (unpaired) electrons. The van der Waals surface area contributed by atoms with Crippen LogP contribution in [0.5, 0.6) is 0 Å². The van der Waals surface area contributed by atoms with Gasteiger partial charge in [0.05, 0.1) is 5.02 Å². The zero-order valence-corrected chi connectivity index (χ0v) is 14.7. The highest BCUT2D eigenvalue weighted by atomic mass is 79.9. The summed E-state index contributed by atoms with van der Waals surface area (Å²) in [5, 5.41) is 0.712. The minimum absolute atomic E-state index is 0.0455. The molecule has 0 saturated heterocycles. The molecule has 0 N–H and O–H groups in total. The van der Waals surface area contributed by atoms with Gasteiger partial charge < -0.3 is 0 Å². The lowest BCUT2D eigenvalue weighted by Gasteiger charge is -2.12. The molecule has 0 saturated carbocycles. The van der Waals surface area contributed by atoms with Gasteiger partial charge in [0.25, 0.3) is 0 Å². The Morgan fingerprint density at radius 3 is 2.09 bits per heavy atom. The molecule has 0 spiro atoms. The van der Waals surface area contributed by atoms with E-state index in [4.69, 9.17) is 23.2 Å². The van der Waals surface area contributed by atoms with Gasteiger partial charge in [-0.15, -0.1) is 0 Å². The predicted octanol–water partition coefficient (Wildman–Crippen LogP) is 7.37. The second kappa shape index (κ2) is 6.60. The van der Waals surface area contributed by atoms with Crippen molar-refractivity contribution in [2.24, 2.45) is 0 Å². The number of hydrogen-bond acceptors (Lipinski definition) is 0. The van der Waals surface area contributed by atoms with Crippen molar-refractivity contribution >= 4 is 39.1 Å². The Morgan fingerprint density at radius 1 is 0.783 bits per heavy atom. The van der Waals surface area contributed by atoms with Crippen LogP contribution in [0.25, 0.3) is 22.3 Å². The van der Waals surface area contributed by atoms with E-state index in [-0.39, 0.29) is 16.1 Å². The summed E-state index contributed by atoms with van der Waals surface area (Å²) in [6, 6.07) is 14.3. The van der Waals surface area contributed by atoms with E-state index in [0.717, 1.165) is 0 Å². The fraction of sp³-hybridized carbons (Fsp3) is 0. The summed E-state index contributed by atoms with van der Waals surface area (Å²) >= 11 is 15.2. The molecule has 0 aliphatic rings. The van der Waals surface area contributed by atoms with Crippen LogP contribution in [0.2, 0.25) is 10.0 Å². The quantitative estimate of drug-likeness (QED) is 0.411. The highest BCUT2D eigenvalue weighted by Gasteiger charge is 2.18. The summed E-state index contributed by atoms with van der Waals surface area (Å²) in [4.78, 5) is 0. The average Bonchev–Trinajstić information content (AvgIpc) is 2.51. The lowest BCUT2D eigenvalue weighted by atomic mass is 9.97.